The first-order valence-electron chi connectivity index (χ1n) is 13.7. The van der Waals surface area contributed by atoms with Gasteiger partial charge >= 0.3 is 0 Å². The summed E-state index contributed by atoms with van der Waals surface area (Å²) in [7, 11) is -3.44. The molecule has 1 aliphatic heterocycles. The van der Waals surface area contributed by atoms with E-state index in [0.717, 1.165) is 47.9 Å². The Morgan fingerprint density at radius 2 is 1.69 bits per heavy atom. The molecule has 1 aromatic carbocycles. The monoisotopic (exact) mass is 497 g/mol. The number of carbonyl (C=O) groups excluding carboxylic acids is 1. The first kappa shape index (κ1) is 23.5. The van der Waals surface area contributed by atoms with E-state index in [1.165, 1.54) is 38.5 Å². The lowest BCUT2D eigenvalue weighted by Crippen LogP contribution is -2.55. The summed E-state index contributed by atoms with van der Waals surface area (Å²) in [5.74, 6) is 2.78. The minimum Gasteiger partial charge on any atom is -0.353 e. The number of benzene rings is 1. The number of fused-ring (bicyclic) bond motifs is 1. The lowest BCUT2D eigenvalue weighted by molar-refractivity contribution is -0.126. The number of aromatic nitrogens is 1. The van der Waals surface area contributed by atoms with E-state index >= 15 is 0 Å². The van der Waals surface area contributed by atoms with Crippen molar-refractivity contribution in [2.24, 2.45) is 23.2 Å². The maximum atomic E-state index is 13.1. The fourth-order valence-electron chi connectivity index (χ4n) is 8.18. The van der Waals surface area contributed by atoms with Gasteiger partial charge in [0.1, 0.15) is 0 Å². The molecule has 0 unspecified atom stereocenters. The van der Waals surface area contributed by atoms with Gasteiger partial charge in [0, 0.05) is 49.2 Å². The lowest BCUT2D eigenvalue weighted by Gasteiger charge is -2.59. The highest BCUT2D eigenvalue weighted by molar-refractivity contribution is 7.89. The van der Waals surface area contributed by atoms with Crippen LogP contribution >= 0.6 is 0 Å². The third kappa shape index (κ3) is 4.33. The Labute approximate surface area is 209 Å². The highest BCUT2D eigenvalue weighted by Crippen LogP contribution is 2.61. The average Bonchev–Trinajstić information content (AvgIpc) is 3.25. The summed E-state index contributed by atoms with van der Waals surface area (Å²) in [6.07, 6.45) is 13.5. The molecule has 1 atom stereocenters. The number of amides is 1. The van der Waals surface area contributed by atoms with Crippen LogP contribution in [0.15, 0.2) is 35.4 Å². The number of aryl methyl sites for hydroxylation is 1. The van der Waals surface area contributed by atoms with Crippen molar-refractivity contribution in [1.82, 2.24) is 14.2 Å². The predicted molar refractivity (Wildman–Crippen MR) is 137 cm³/mol. The topological polar surface area (TPSA) is 71.4 Å². The van der Waals surface area contributed by atoms with Gasteiger partial charge in [0.15, 0.2) is 0 Å². The molecule has 7 rings (SSSR count). The van der Waals surface area contributed by atoms with Crippen LogP contribution in [-0.2, 0) is 21.4 Å². The molecule has 1 N–H and O–H groups in total. The SMILES string of the molecule is C[C@@H](NC(=O)CCn1ccc2cc(S(=O)(=O)N3CCCCC3)ccc21)C12CC3CC(CC(C3)C1)C2. The van der Waals surface area contributed by atoms with Gasteiger partial charge < -0.3 is 9.88 Å². The molecule has 7 heteroatoms. The Kier molecular flexibility index (Phi) is 5.99. The smallest absolute Gasteiger partial charge is 0.243 e. The minimum absolute atomic E-state index is 0.124. The summed E-state index contributed by atoms with van der Waals surface area (Å²) in [6, 6.07) is 7.60. The van der Waals surface area contributed by atoms with Crippen molar-refractivity contribution in [2.75, 3.05) is 13.1 Å². The number of carbonyl (C=O) groups is 1. The first-order chi connectivity index (χ1) is 16.8. The molecule has 0 spiro atoms. The zero-order valence-corrected chi connectivity index (χ0v) is 21.7. The molecule has 4 bridgehead atoms. The van der Waals surface area contributed by atoms with Crippen LogP contribution in [0.5, 0.6) is 0 Å². The molecule has 0 radical (unpaired) electrons. The Bertz CT molecular complexity index is 1180. The van der Waals surface area contributed by atoms with Crippen LogP contribution in [0.3, 0.4) is 0 Å². The van der Waals surface area contributed by atoms with E-state index in [1.54, 1.807) is 16.4 Å². The maximum Gasteiger partial charge on any atom is 0.243 e. The number of hydrogen-bond donors (Lipinski definition) is 1. The fraction of sp³-hybridized carbons (Fsp3) is 0.679. The maximum absolute atomic E-state index is 13.1. The van der Waals surface area contributed by atoms with Crippen molar-refractivity contribution in [3.8, 4) is 0 Å². The second-order valence-corrected chi connectivity index (χ2v) is 14.0. The molecule has 5 aliphatic rings. The van der Waals surface area contributed by atoms with Gasteiger partial charge in [-0.1, -0.05) is 6.42 Å². The third-order valence-electron chi connectivity index (χ3n) is 9.66. The highest BCUT2D eigenvalue weighted by Gasteiger charge is 2.53. The van der Waals surface area contributed by atoms with E-state index in [-0.39, 0.29) is 11.9 Å². The van der Waals surface area contributed by atoms with Crippen LogP contribution in [0.2, 0.25) is 0 Å². The second kappa shape index (κ2) is 8.91. The zero-order chi connectivity index (χ0) is 24.2. The van der Waals surface area contributed by atoms with E-state index < -0.39 is 10.0 Å². The van der Waals surface area contributed by atoms with Gasteiger partial charge in [0.2, 0.25) is 15.9 Å². The molecule has 4 saturated carbocycles. The van der Waals surface area contributed by atoms with Crippen LogP contribution in [-0.4, -0.2) is 42.3 Å². The Balaban J connectivity index is 1.09. The number of nitrogens with one attached hydrogen (secondary N) is 1. The average molecular weight is 498 g/mol. The summed E-state index contributed by atoms with van der Waals surface area (Å²) in [6.45, 7) is 4.05. The number of sulfonamides is 1. The molecule has 190 valence electrons. The molecule has 2 aromatic rings. The summed E-state index contributed by atoms with van der Waals surface area (Å²) in [5, 5.41) is 4.28. The Hall–Kier alpha value is -1.86. The van der Waals surface area contributed by atoms with Gasteiger partial charge in [0.05, 0.1) is 4.90 Å². The van der Waals surface area contributed by atoms with Crippen LogP contribution in [0.25, 0.3) is 10.9 Å². The molecule has 6 nitrogen and oxygen atoms in total. The molecular weight excluding hydrogens is 458 g/mol. The van der Waals surface area contributed by atoms with Crippen molar-refractivity contribution in [2.45, 2.75) is 88.6 Å². The van der Waals surface area contributed by atoms with E-state index in [0.29, 0.717) is 36.4 Å². The van der Waals surface area contributed by atoms with Crippen molar-refractivity contribution < 1.29 is 13.2 Å². The summed E-state index contributed by atoms with van der Waals surface area (Å²) < 4.78 is 29.8. The largest absolute Gasteiger partial charge is 0.353 e. The van der Waals surface area contributed by atoms with Gasteiger partial charge in [-0.15, -0.1) is 0 Å². The van der Waals surface area contributed by atoms with Crippen LogP contribution in [0.1, 0.15) is 71.1 Å². The highest BCUT2D eigenvalue weighted by atomic mass is 32.2. The predicted octanol–water partition coefficient (Wildman–Crippen LogP) is 4.93. The van der Waals surface area contributed by atoms with Gasteiger partial charge in [0.25, 0.3) is 0 Å². The van der Waals surface area contributed by atoms with Crippen molar-refractivity contribution in [1.29, 1.82) is 0 Å². The van der Waals surface area contributed by atoms with Crippen LogP contribution in [0, 0.1) is 23.2 Å². The molecular formula is C28H39N3O3S. The van der Waals surface area contributed by atoms with Gasteiger partial charge in [-0.3, -0.25) is 4.79 Å². The normalized spacial score (nSPS) is 31.6. The molecule has 35 heavy (non-hydrogen) atoms. The number of nitrogens with zero attached hydrogens (tertiary/aromatic N) is 2. The molecule has 2 heterocycles. The second-order valence-electron chi connectivity index (χ2n) is 12.0. The molecule has 4 aliphatic carbocycles. The lowest BCUT2D eigenvalue weighted by atomic mass is 9.48. The van der Waals surface area contributed by atoms with Gasteiger partial charge in [-0.25, -0.2) is 8.42 Å². The van der Waals surface area contributed by atoms with Crippen LogP contribution < -0.4 is 5.32 Å². The van der Waals surface area contributed by atoms with Gasteiger partial charge in [-0.05, 0) is 106 Å². The first-order valence-corrected chi connectivity index (χ1v) is 15.1. The van der Waals surface area contributed by atoms with Gasteiger partial charge in [-0.2, -0.15) is 4.31 Å². The fourth-order valence-corrected chi connectivity index (χ4v) is 9.74. The molecule has 1 saturated heterocycles. The summed E-state index contributed by atoms with van der Waals surface area (Å²) in [4.78, 5) is 13.3. The molecule has 5 fully saturated rings. The zero-order valence-electron chi connectivity index (χ0n) is 20.9. The minimum atomic E-state index is -3.44. The third-order valence-corrected chi connectivity index (χ3v) is 11.6. The number of rotatable bonds is 7. The quantitative estimate of drug-likeness (QED) is 0.590. The standard InChI is InChI=1S/C28H39N3O3S/c1-20(28-17-21-13-22(18-28)15-23(14-21)19-28)29-27(32)8-12-30-11-7-24-16-25(5-6-26(24)30)35(33,34)31-9-3-2-4-10-31/h5-7,11,16,20-23H,2-4,8-10,12-15,17-19H2,1H3,(H,29,32)/t20-,21?,22?,23?,28?/m1/s1. The Morgan fingerprint density at radius 3 is 2.34 bits per heavy atom. The summed E-state index contributed by atoms with van der Waals surface area (Å²) in [5.41, 5.74) is 1.30. The number of piperidine rings is 1. The van der Waals surface area contributed by atoms with E-state index in [1.807, 2.05) is 18.3 Å². The van der Waals surface area contributed by atoms with E-state index in [2.05, 4.69) is 16.8 Å². The molecule has 1 amide bonds. The van der Waals surface area contributed by atoms with Crippen molar-refractivity contribution in [3.05, 3.63) is 30.5 Å². The number of hydrogen-bond acceptors (Lipinski definition) is 3. The Morgan fingerprint density at radius 1 is 1.03 bits per heavy atom. The van der Waals surface area contributed by atoms with Crippen molar-refractivity contribution in [3.63, 3.8) is 0 Å². The van der Waals surface area contributed by atoms with E-state index in [9.17, 15) is 13.2 Å². The summed E-state index contributed by atoms with van der Waals surface area (Å²) >= 11 is 0. The molecule has 1 aromatic heterocycles. The van der Waals surface area contributed by atoms with Crippen LogP contribution in [0.4, 0.5) is 0 Å². The van der Waals surface area contributed by atoms with Crippen molar-refractivity contribution >= 4 is 26.8 Å². The van der Waals surface area contributed by atoms with E-state index in [4.69, 9.17) is 0 Å².